The zero-order valence-corrected chi connectivity index (χ0v) is 12.3. The number of nitrogens with one attached hydrogen (secondary N) is 2. The molecule has 1 amide bonds. The second kappa shape index (κ2) is 7.74. The molecule has 1 rings (SSSR count). The number of carbonyl (C=O) groups excluding carboxylic acids is 1. The maximum atomic E-state index is 11.8. The van der Waals surface area contributed by atoms with Crippen molar-refractivity contribution in [3.05, 3.63) is 29.8 Å². The maximum Gasteiger partial charge on any atom is 0.230 e. The van der Waals surface area contributed by atoms with Crippen molar-refractivity contribution in [3.8, 4) is 5.75 Å². The van der Waals surface area contributed by atoms with Crippen LogP contribution < -0.4 is 15.4 Å². The van der Waals surface area contributed by atoms with E-state index in [1.54, 1.807) is 7.11 Å². The lowest BCUT2D eigenvalue weighted by Gasteiger charge is -2.14. The molecule has 104 valence electrons. The number of hydrogen-bond acceptors (Lipinski definition) is 3. The summed E-state index contributed by atoms with van der Waals surface area (Å²) >= 11 is 5.07. The average molecular weight is 280 g/mol. The predicted octanol–water partition coefficient (Wildman–Crippen LogP) is 2.03. The van der Waals surface area contributed by atoms with Gasteiger partial charge in [-0.3, -0.25) is 4.79 Å². The van der Waals surface area contributed by atoms with E-state index >= 15 is 0 Å². The Morgan fingerprint density at radius 3 is 2.53 bits per heavy atom. The number of methoxy groups -OCH3 is 1. The Kier molecular flexibility index (Phi) is 6.29. The van der Waals surface area contributed by atoms with Crippen LogP contribution in [0.4, 0.5) is 0 Å². The van der Waals surface area contributed by atoms with Crippen LogP contribution in [0.15, 0.2) is 24.3 Å². The van der Waals surface area contributed by atoms with Gasteiger partial charge in [-0.1, -0.05) is 19.1 Å². The molecule has 1 atom stereocenters. The lowest BCUT2D eigenvalue weighted by Crippen LogP contribution is -2.43. The Hall–Kier alpha value is -1.62. The van der Waals surface area contributed by atoms with Gasteiger partial charge in [-0.2, -0.15) is 0 Å². The molecule has 0 bridgehead atoms. The van der Waals surface area contributed by atoms with Gasteiger partial charge in [-0.25, -0.2) is 0 Å². The van der Waals surface area contributed by atoms with Gasteiger partial charge in [0.05, 0.1) is 13.5 Å². The van der Waals surface area contributed by atoms with Crippen molar-refractivity contribution in [2.45, 2.75) is 32.7 Å². The smallest absolute Gasteiger partial charge is 0.230 e. The molecule has 1 aromatic carbocycles. The van der Waals surface area contributed by atoms with Crippen molar-refractivity contribution < 1.29 is 9.53 Å². The van der Waals surface area contributed by atoms with Crippen molar-refractivity contribution in [1.29, 1.82) is 0 Å². The molecule has 0 aliphatic carbocycles. The van der Waals surface area contributed by atoms with Crippen LogP contribution in [-0.4, -0.2) is 24.2 Å². The quantitative estimate of drug-likeness (QED) is 0.810. The number of rotatable bonds is 5. The van der Waals surface area contributed by atoms with Gasteiger partial charge in [0.15, 0.2) is 5.11 Å². The lowest BCUT2D eigenvalue weighted by molar-refractivity contribution is -0.119. The fraction of sp³-hybridized carbons (Fsp3) is 0.429. The summed E-state index contributed by atoms with van der Waals surface area (Å²) < 4.78 is 5.06. The Balaban J connectivity index is 2.43. The summed E-state index contributed by atoms with van der Waals surface area (Å²) in [6.45, 7) is 4.07. The van der Waals surface area contributed by atoms with Gasteiger partial charge in [0, 0.05) is 6.04 Å². The highest BCUT2D eigenvalue weighted by Crippen LogP contribution is 2.11. The molecule has 5 heteroatoms. The summed E-state index contributed by atoms with van der Waals surface area (Å²) in [5.74, 6) is 0.657. The molecule has 1 unspecified atom stereocenters. The number of carbonyl (C=O) groups is 1. The van der Waals surface area contributed by atoms with E-state index in [9.17, 15) is 4.79 Å². The first-order valence-electron chi connectivity index (χ1n) is 6.28. The van der Waals surface area contributed by atoms with Crippen molar-refractivity contribution in [3.63, 3.8) is 0 Å². The van der Waals surface area contributed by atoms with E-state index in [-0.39, 0.29) is 11.9 Å². The number of ether oxygens (including phenoxy) is 1. The Labute approximate surface area is 119 Å². The minimum Gasteiger partial charge on any atom is -0.497 e. The van der Waals surface area contributed by atoms with Gasteiger partial charge in [0.2, 0.25) is 5.91 Å². The van der Waals surface area contributed by atoms with E-state index in [2.05, 4.69) is 17.6 Å². The van der Waals surface area contributed by atoms with E-state index in [1.165, 1.54) is 0 Å². The number of amides is 1. The third-order valence-corrected chi connectivity index (χ3v) is 2.99. The topological polar surface area (TPSA) is 50.4 Å². The number of hydrogen-bond donors (Lipinski definition) is 2. The molecule has 0 aliphatic rings. The van der Waals surface area contributed by atoms with Crippen LogP contribution in [-0.2, 0) is 11.2 Å². The molecule has 0 radical (unpaired) electrons. The molecule has 2 N–H and O–H groups in total. The molecule has 0 aliphatic heterocycles. The SMILES string of the molecule is CCC(C)NC(=S)NC(=O)Cc1ccc(OC)cc1. The standard InChI is InChI=1S/C14H20N2O2S/c1-4-10(2)15-14(19)16-13(17)9-11-5-7-12(18-3)8-6-11/h5-8,10H,4,9H2,1-3H3,(H2,15,16,17,19). The fourth-order valence-electron chi connectivity index (χ4n) is 1.46. The summed E-state index contributed by atoms with van der Waals surface area (Å²) in [7, 11) is 1.61. The van der Waals surface area contributed by atoms with Gasteiger partial charge in [-0.15, -0.1) is 0 Å². The molecule has 0 aromatic heterocycles. The van der Waals surface area contributed by atoms with Crippen LogP contribution in [0.5, 0.6) is 5.75 Å². The van der Waals surface area contributed by atoms with E-state index in [4.69, 9.17) is 17.0 Å². The van der Waals surface area contributed by atoms with Crippen molar-refractivity contribution in [2.75, 3.05) is 7.11 Å². The largest absolute Gasteiger partial charge is 0.497 e. The minimum atomic E-state index is -0.119. The summed E-state index contributed by atoms with van der Waals surface area (Å²) in [6, 6.07) is 7.65. The molecular formula is C14H20N2O2S. The molecule has 0 heterocycles. The Bertz CT molecular complexity index is 432. The third-order valence-electron chi connectivity index (χ3n) is 2.77. The van der Waals surface area contributed by atoms with Crippen molar-refractivity contribution >= 4 is 23.2 Å². The molecule has 0 saturated heterocycles. The van der Waals surface area contributed by atoms with Crippen LogP contribution in [0.3, 0.4) is 0 Å². The normalized spacial score (nSPS) is 11.5. The molecule has 0 saturated carbocycles. The fourth-order valence-corrected chi connectivity index (χ4v) is 1.78. The monoisotopic (exact) mass is 280 g/mol. The summed E-state index contributed by atoms with van der Waals surface area (Å²) in [5.41, 5.74) is 0.921. The predicted molar refractivity (Wildman–Crippen MR) is 80.3 cm³/mol. The Morgan fingerprint density at radius 2 is 2.00 bits per heavy atom. The number of benzene rings is 1. The molecular weight excluding hydrogens is 260 g/mol. The highest BCUT2D eigenvalue weighted by atomic mass is 32.1. The van der Waals surface area contributed by atoms with Gasteiger partial charge < -0.3 is 15.4 Å². The highest BCUT2D eigenvalue weighted by molar-refractivity contribution is 7.80. The zero-order chi connectivity index (χ0) is 14.3. The molecule has 19 heavy (non-hydrogen) atoms. The van der Waals surface area contributed by atoms with E-state index in [0.29, 0.717) is 11.5 Å². The van der Waals surface area contributed by atoms with Gasteiger partial charge in [-0.05, 0) is 43.3 Å². The average Bonchev–Trinajstić information content (AvgIpc) is 2.39. The number of thiocarbonyl (C=S) groups is 1. The highest BCUT2D eigenvalue weighted by Gasteiger charge is 2.07. The van der Waals surface area contributed by atoms with Gasteiger partial charge in [0.25, 0.3) is 0 Å². The first kappa shape index (κ1) is 15.4. The lowest BCUT2D eigenvalue weighted by atomic mass is 10.1. The first-order chi connectivity index (χ1) is 9.05. The molecule has 0 spiro atoms. The molecule has 4 nitrogen and oxygen atoms in total. The Morgan fingerprint density at radius 1 is 1.37 bits per heavy atom. The minimum absolute atomic E-state index is 0.119. The molecule has 0 fully saturated rings. The van der Waals surface area contributed by atoms with E-state index in [0.717, 1.165) is 17.7 Å². The second-order valence-corrected chi connectivity index (χ2v) is 4.76. The summed E-state index contributed by atoms with van der Waals surface area (Å²) in [6.07, 6.45) is 1.25. The second-order valence-electron chi connectivity index (χ2n) is 4.36. The first-order valence-corrected chi connectivity index (χ1v) is 6.69. The molecule has 1 aromatic rings. The van der Waals surface area contributed by atoms with Gasteiger partial charge in [0.1, 0.15) is 5.75 Å². The van der Waals surface area contributed by atoms with Gasteiger partial charge >= 0.3 is 0 Å². The summed E-state index contributed by atoms with van der Waals surface area (Å²) in [4.78, 5) is 11.8. The van der Waals surface area contributed by atoms with Crippen molar-refractivity contribution in [1.82, 2.24) is 10.6 Å². The van der Waals surface area contributed by atoms with Crippen molar-refractivity contribution in [2.24, 2.45) is 0 Å². The maximum absolute atomic E-state index is 11.8. The summed E-state index contributed by atoms with van der Waals surface area (Å²) in [5, 5.41) is 6.10. The van der Waals surface area contributed by atoms with Crippen LogP contribution >= 0.6 is 12.2 Å². The van der Waals surface area contributed by atoms with Crippen LogP contribution in [0, 0.1) is 0 Å². The zero-order valence-electron chi connectivity index (χ0n) is 11.5. The van der Waals surface area contributed by atoms with E-state index < -0.39 is 0 Å². The van der Waals surface area contributed by atoms with E-state index in [1.807, 2.05) is 31.2 Å². The third kappa shape index (κ3) is 5.70. The van der Waals surface area contributed by atoms with Crippen LogP contribution in [0.2, 0.25) is 0 Å². The van der Waals surface area contributed by atoms with Crippen LogP contribution in [0.25, 0.3) is 0 Å². The van der Waals surface area contributed by atoms with Crippen LogP contribution in [0.1, 0.15) is 25.8 Å².